The Morgan fingerprint density at radius 1 is 1.05 bits per heavy atom. The second-order valence-electron chi connectivity index (χ2n) is 5.69. The van der Waals surface area contributed by atoms with Gasteiger partial charge in [0.2, 0.25) is 0 Å². The lowest BCUT2D eigenvalue weighted by atomic mass is 9.77. The summed E-state index contributed by atoms with van der Waals surface area (Å²) in [5.74, 6) is 0.467. The van der Waals surface area contributed by atoms with Crippen LogP contribution < -0.4 is 10.9 Å². The highest BCUT2D eigenvalue weighted by Crippen LogP contribution is 2.43. The highest BCUT2D eigenvalue weighted by atomic mass is 16.3. The van der Waals surface area contributed by atoms with Gasteiger partial charge in [0.05, 0.1) is 5.56 Å². The van der Waals surface area contributed by atoms with E-state index in [1.807, 2.05) is 0 Å². The molecule has 1 aromatic heterocycles. The first-order valence-electron chi connectivity index (χ1n) is 7.28. The molecule has 112 valence electrons. The number of rotatable bonds is 1. The van der Waals surface area contributed by atoms with E-state index in [4.69, 9.17) is 0 Å². The van der Waals surface area contributed by atoms with Crippen molar-refractivity contribution in [3.05, 3.63) is 57.0 Å². The van der Waals surface area contributed by atoms with Gasteiger partial charge in [-0.2, -0.15) is 0 Å². The van der Waals surface area contributed by atoms with Crippen molar-refractivity contribution in [3.63, 3.8) is 0 Å². The monoisotopic (exact) mass is 297 g/mol. The van der Waals surface area contributed by atoms with Crippen molar-refractivity contribution in [1.29, 1.82) is 0 Å². The third kappa shape index (κ3) is 1.80. The molecule has 0 fully saturated rings. The predicted octanol–water partition coefficient (Wildman–Crippen LogP) is 1.97. The largest absolute Gasteiger partial charge is 0.508 e. The van der Waals surface area contributed by atoms with Crippen LogP contribution in [0.1, 0.15) is 36.3 Å². The molecule has 0 saturated heterocycles. The van der Waals surface area contributed by atoms with E-state index in [0.717, 1.165) is 24.1 Å². The SMILES string of the molecule is O=C1CCCC2=C1[C@@H](c1ccc(O)cc1)c1c([nH][nH]c1=O)N2. The second-order valence-corrected chi connectivity index (χ2v) is 5.69. The van der Waals surface area contributed by atoms with Crippen LogP contribution in [-0.2, 0) is 4.79 Å². The number of ketones is 1. The van der Waals surface area contributed by atoms with E-state index in [1.165, 1.54) is 0 Å². The average molecular weight is 297 g/mol. The quantitative estimate of drug-likeness (QED) is 0.647. The van der Waals surface area contributed by atoms with Crippen molar-refractivity contribution in [3.8, 4) is 5.75 Å². The number of nitrogens with one attached hydrogen (secondary N) is 3. The lowest BCUT2D eigenvalue weighted by molar-refractivity contribution is -0.116. The minimum atomic E-state index is -0.394. The Labute approximate surface area is 125 Å². The van der Waals surface area contributed by atoms with Crippen LogP contribution in [0.4, 0.5) is 5.82 Å². The molecule has 0 amide bonds. The van der Waals surface area contributed by atoms with Gasteiger partial charge < -0.3 is 10.4 Å². The normalized spacial score (nSPS) is 20.4. The molecule has 22 heavy (non-hydrogen) atoms. The predicted molar refractivity (Wildman–Crippen MR) is 80.9 cm³/mol. The Balaban J connectivity index is 1.96. The smallest absolute Gasteiger partial charge is 0.270 e. The molecule has 1 aromatic carbocycles. The average Bonchev–Trinajstić information content (AvgIpc) is 2.88. The molecule has 0 saturated carbocycles. The number of benzene rings is 1. The second kappa shape index (κ2) is 4.62. The molecule has 1 aliphatic carbocycles. The summed E-state index contributed by atoms with van der Waals surface area (Å²) in [6.45, 7) is 0. The van der Waals surface area contributed by atoms with Gasteiger partial charge in [-0.15, -0.1) is 0 Å². The number of phenolic OH excluding ortho intramolecular Hbond substituents is 1. The minimum Gasteiger partial charge on any atom is -0.508 e. The number of aromatic amines is 2. The number of phenols is 1. The number of hydrogen-bond donors (Lipinski definition) is 4. The summed E-state index contributed by atoms with van der Waals surface area (Å²) < 4.78 is 0. The number of anilines is 1. The highest BCUT2D eigenvalue weighted by molar-refractivity contribution is 6.00. The van der Waals surface area contributed by atoms with Crippen LogP contribution >= 0.6 is 0 Å². The molecule has 0 bridgehead atoms. The van der Waals surface area contributed by atoms with Crippen LogP contribution in [0.3, 0.4) is 0 Å². The maximum atomic E-state index is 12.5. The topological polar surface area (TPSA) is 98.0 Å². The highest BCUT2D eigenvalue weighted by Gasteiger charge is 2.37. The van der Waals surface area contributed by atoms with E-state index in [-0.39, 0.29) is 17.1 Å². The van der Waals surface area contributed by atoms with E-state index >= 15 is 0 Å². The number of Topliss-reactive ketones (excluding diaryl/α,β-unsaturated/α-hetero) is 1. The Bertz CT molecular complexity index is 842. The molecule has 6 heteroatoms. The lowest BCUT2D eigenvalue weighted by Gasteiger charge is -2.31. The number of aromatic hydroxyl groups is 1. The number of hydrogen-bond acceptors (Lipinski definition) is 4. The van der Waals surface area contributed by atoms with Crippen LogP contribution in [0.25, 0.3) is 0 Å². The number of carbonyl (C=O) groups is 1. The first-order valence-corrected chi connectivity index (χ1v) is 7.28. The molecule has 0 radical (unpaired) electrons. The van der Waals surface area contributed by atoms with Crippen molar-refractivity contribution >= 4 is 11.6 Å². The molecule has 4 N–H and O–H groups in total. The molecule has 2 heterocycles. The Morgan fingerprint density at radius 3 is 2.59 bits per heavy atom. The molecular weight excluding hydrogens is 282 g/mol. The van der Waals surface area contributed by atoms with Crippen LogP contribution in [-0.4, -0.2) is 21.1 Å². The zero-order valence-electron chi connectivity index (χ0n) is 11.8. The molecule has 2 aromatic rings. The summed E-state index contributed by atoms with van der Waals surface area (Å²) in [6, 6.07) is 6.67. The summed E-state index contributed by atoms with van der Waals surface area (Å²) in [4.78, 5) is 24.6. The molecule has 1 aliphatic heterocycles. The van der Waals surface area contributed by atoms with Gasteiger partial charge in [0.1, 0.15) is 11.6 Å². The molecule has 0 spiro atoms. The third-order valence-electron chi connectivity index (χ3n) is 4.35. The first kappa shape index (κ1) is 12.9. The first-order chi connectivity index (χ1) is 10.6. The number of carbonyl (C=O) groups excluding carboxylic acids is 1. The van der Waals surface area contributed by atoms with Gasteiger partial charge in [0.15, 0.2) is 5.78 Å². The molecule has 6 nitrogen and oxygen atoms in total. The molecule has 4 rings (SSSR count). The summed E-state index contributed by atoms with van der Waals surface area (Å²) in [6.07, 6.45) is 2.12. The summed E-state index contributed by atoms with van der Waals surface area (Å²) >= 11 is 0. The van der Waals surface area contributed by atoms with Crippen molar-refractivity contribution in [2.75, 3.05) is 5.32 Å². The van der Waals surface area contributed by atoms with Crippen molar-refractivity contribution in [2.45, 2.75) is 25.2 Å². The Morgan fingerprint density at radius 2 is 1.82 bits per heavy atom. The number of fused-ring (bicyclic) bond motifs is 1. The fraction of sp³-hybridized carbons (Fsp3) is 0.250. The van der Waals surface area contributed by atoms with Gasteiger partial charge in [-0.3, -0.25) is 19.8 Å². The van der Waals surface area contributed by atoms with Gasteiger partial charge >= 0.3 is 0 Å². The van der Waals surface area contributed by atoms with Gasteiger partial charge in [0, 0.05) is 23.6 Å². The molecular formula is C16H15N3O3. The van der Waals surface area contributed by atoms with E-state index in [0.29, 0.717) is 23.4 Å². The summed E-state index contributed by atoms with van der Waals surface area (Å²) in [7, 11) is 0. The Kier molecular flexibility index (Phi) is 2.72. The van der Waals surface area contributed by atoms with Gasteiger partial charge in [-0.1, -0.05) is 12.1 Å². The molecule has 0 unspecified atom stereocenters. The van der Waals surface area contributed by atoms with Crippen LogP contribution in [0.15, 0.2) is 40.3 Å². The van der Waals surface area contributed by atoms with Crippen LogP contribution in [0.5, 0.6) is 5.75 Å². The van der Waals surface area contributed by atoms with Crippen molar-refractivity contribution in [1.82, 2.24) is 10.2 Å². The fourth-order valence-electron chi connectivity index (χ4n) is 3.37. The van der Waals surface area contributed by atoms with Gasteiger partial charge in [-0.25, -0.2) is 0 Å². The van der Waals surface area contributed by atoms with Crippen molar-refractivity contribution in [2.24, 2.45) is 0 Å². The van der Waals surface area contributed by atoms with Gasteiger partial charge in [-0.05, 0) is 30.5 Å². The van der Waals surface area contributed by atoms with Crippen LogP contribution in [0, 0.1) is 0 Å². The Hall–Kier alpha value is -2.76. The van der Waals surface area contributed by atoms with E-state index in [9.17, 15) is 14.7 Å². The summed E-state index contributed by atoms with van der Waals surface area (Å²) in [5, 5.41) is 18.1. The maximum absolute atomic E-state index is 12.5. The standard InChI is InChI=1S/C16H15N3O3/c20-9-6-4-8(5-7-9)12-13-10(2-1-3-11(13)21)17-15-14(12)16(22)19-18-15/h4-7,12,20H,1-3H2,(H3,17,18,19,22)/t12-/m1/s1. The van der Waals surface area contributed by atoms with Gasteiger partial charge in [0.25, 0.3) is 5.56 Å². The number of allylic oxidation sites excluding steroid dienone is 2. The maximum Gasteiger partial charge on any atom is 0.270 e. The van der Waals surface area contributed by atoms with E-state index in [1.54, 1.807) is 24.3 Å². The number of H-pyrrole nitrogens is 2. The van der Waals surface area contributed by atoms with E-state index in [2.05, 4.69) is 15.5 Å². The molecule has 2 aliphatic rings. The zero-order valence-corrected chi connectivity index (χ0v) is 11.8. The fourth-order valence-corrected chi connectivity index (χ4v) is 3.37. The number of aromatic nitrogens is 2. The lowest BCUT2D eigenvalue weighted by Crippen LogP contribution is -2.29. The summed E-state index contributed by atoms with van der Waals surface area (Å²) in [5.41, 5.74) is 2.69. The minimum absolute atomic E-state index is 0.0816. The van der Waals surface area contributed by atoms with Crippen LogP contribution in [0.2, 0.25) is 0 Å². The van der Waals surface area contributed by atoms with E-state index < -0.39 is 5.92 Å². The third-order valence-corrected chi connectivity index (χ3v) is 4.35. The van der Waals surface area contributed by atoms with Crippen molar-refractivity contribution < 1.29 is 9.90 Å². The zero-order chi connectivity index (χ0) is 15.3. The molecule has 1 atom stereocenters.